The number of rotatable bonds is 7. The van der Waals surface area contributed by atoms with Crippen molar-refractivity contribution in [2.24, 2.45) is 45.3 Å². The van der Waals surface area contributed by atoms with E-state index in [1.807, 2.05) is 31.2 Å². The average Bonchev–Trinajstić information content (AvgIpc) is 3.55. The van der Waals surface area contributed by atoms with Crippen molar-refractivity contribution < 1.29 is 29.6 Å². The van der Waals surface area contributed by atoms with Gasteiger partial charge in [0.25, 0.3) is 0 Å². The number of aromatic hydroxyl groups is 1. The summed E-state index contributed by atoms with van der Waals surface area (Å²) in [5.41, 5.74) is 7.43. The van der Waals surface area contributed by atoms with Crippen molar-refractivity contribution >= 4 is 17.3 Å². The topological polar surface area (TPSA) is 145 Å². The lowest BCUT2D eigenvalue weighted by Gasteiger charge is -2.73. The zero-order valence-corrected chi connectivity index (χ0v) is 38.6. The first-order valence-electron chi connectivity index (χ1n) is 24.5. The van der Waals surface area contributed by atoms with Crippen LogP contribution in [0.5, 0.6) is 5.75 Å². The molecular formula is C54H74N2O6. The highest BCUT2D eigenvalue weighted by Crippen LogP contribution is 2.80. The van der Waals surface area contributed by atoms with Gasteiger partial charge < -0.3 is 31.1 Å². The predicted octanol–water partition coefficient (Wildman–Crippen LogP) is 9.49. The summed E-state index contributed by atoms with van der Waals surface area (Å²) in [4.78, 5) is 30.5. The van der Waals surface area contributed by atoms with Crippen molar-refractivity contribution in [3.8, 4) is 5.75 Å². The molecular weight excluding hydrogens is 773 g/mol. The Bertz CT molecular complexity index is 2220. The SMILES string of the molecule is CC(CC(O)C1OC1(C)C1CCCC1c1cccc(N)c1)C1=C2CCC3C4(C)CC5(c6cccc(O)c6)CCC6(CC3(C)C2(C)CC1=O)NCC(C)(O)CCCCC(C)(C5=O)C64. The Morgan fingerprint density at radius 1 is 0.903 bits per heavy atom. The first kappa shape index (κ1) is 42.9. The molecule has 0 amide bonds. The minimum absolute atomic E-state index is 0.0567. The first-order valence-corrected chi connectivity index (χ1v) is 24.5. The van der Waals surface area contributed by atoms with Gasteiger partial charge in [-0.1, -0.05) is 83.7 Å². The normalized spacial score (nSPS) is 47.1. The number of hydrogen-bond acceptors (Lipinski definition) is 8. The maximum atomic E-state index is 15.7. The van der Waals surface area contributed by atoms with Gasteiger partial charge in [0.1, 0.15) is 17.6 Å². The molecule has 5 bridgehead atoms. The number of carbonyl (C=O) groups is 2. The molecule has 0 radical (unpaired) electrons. The number of benzene rings is 2. The Morgan fingerprint density at radius 3 is 2.42 bits per heavy atom. The molecule has 336 valence electrons. The van der Waals surface area contributed by atoms with Gasteiger partial charge in [-0.15, -0.1) is 0 Å². The van der Waals surface area contributed by atoms with E-state index in [1.54, 1.807) is 6.07 Å². The number of nitrogen functional groups attached to an aromatic ring is 1. The zero-order chi connectivity index (χ0) is 44.0. The summed E-state index contributed by atoms with van der Waals surface area (Å²) in [6.45, 7) is 16.5. The van der Waals surface area contributed by atoms with Gasteiger partial charge >= 0.3 is 0 Å². The van der Waals surface area contributed by atoms with Gasteiger partial charge in [0.15, 0.2) is 5.78 Å². The number of anilines is 1. The highest BCUT2D eigenvalue weighted by molar-refractivity contribution is 6.01. The number of nitrogens with two attached hydrogens (primary N) is 1. The number of aliphatic hydroxyl groups excluding tert-OH is 1. The van der Waals surface area contributed by atoms with E-state index in [-0.39, 0.29) is 46.2 Å². The molecule has 9 aliphatic rings. The van der Waals surface area contributed by atoms with Gasteiger partial charge in [-0.2, -0.15) is 0 Å². The van der Waals surface area contributed by atoms with Gasteiger partial charge in [0.2, 0.25) is 0 Å². The van der Waals surface area contributed by atoms with Crippen LogP contribution in [0, 0.1) is 45.3 Å². The number of hydrogen-bond donors (Lipinski definition) is 5. The van der Waals surface area contributed by atoms with Crippen molar-refractivity contribution in [3.63, 3.8) is 0 Å². The number of fused-ring (bicyclic) bond motifs is 4. The van der Waals surface area contributed by atoms with Gasteiger partial charge in [-0.3, -0.25) is 9.59 Å². The third-order valence-corrected chi connectivity index (χ3v) is 20.3. The smallest absolute Gasteiger partial charge is 0.159 e. The van der Waals surface area contributed by atoms with Crippen molar-refractivity contribution in [2.75, 3.05) is 12.3 Å². The number of Topliss-reactive ketones (excluding diaryl/α,β-unsaturated/α-hetero) is 2. The molecule has 0 spiro atoms. The zero-order valence-electron chi connectivity index (χ0n) is 38.6. The third kappa shape index (κ3) is 5.89. The van der Waals surface area contributed by atoms with Gasteiger partial charge in [0, 0.05) is 35.0 Å². The quantitative estimate of drug-likeness (QED) is 0.137. The van der Waals surface area contributed by atoms with Crippen molar-refractivity contribution in [3.05, 3.63) is 70.8 Å². The number of aliphatic hydroxyl groups is 2. The van der Waals surface area contributed by atoms with Crippen LogP contribution in [0.3, 0.4) is 0 Å². The van der Waals surface area contributed by atoms with E-state index in [1.165, 1.54) is 11.1 Å². The fraction of sp³-hybridized carbons (Fsp3) is 0.704. The van der Waals surface area contributed by atoms with Gasteiger partial charge in [-0.05, 0) is 166 Å². The van der Waals surface area contributed by atoms with Crippen LogP contribution in [0.25, 0.3) is 0 Å². The number of phenols is 1. The molecule has 15 atom stereocenters. The molecule has 62 heavy (non-hydrogen) atoms. The average molecular weight is 847 g/mol. The molecule has 8 fully saturated rings. The van der Waals surface area contributed by atoms with Crippen molar-refractivity contribution in [1.82, 2.24) is 5.32 Å². The van der Waals surface area contributed by atoms with Crippen molar-refractivity contribution in [1.29, 1.82) is 0 Å². The predicted molar refractivity (Wildman–Crippen MR) is 242 cm³/mol. The number of epoxide rings is 1. The number of ketones is 2. The summed E-state index contributed by atoms with van der Waals surface area (Å²) < 4.78 is 6.53. The maximum Gasteiger partial charge on any atom is 0.159 e. The van der Waals surface area contributed by atoms with E-state index in [0.29, 0.717) is 49.8 Å². The second-order valence-corrected chi connectivity index (χ2v) is 24.0. The molecule has 2 aliphatic heterocycles. The molecule has 6 N–H and O–H groups in total. The lowest BCUT2D eigenvalue weighted by molar-refractivity contribution is -0.218. The number of β-amino-alcohol motifs (C(OH)–C–C–N with tert-alkyl or cyclic N) is 1. The van der Waals surface area contributed by atoms with E-state index in [4.69, 9.17) is 10.5 Å². The number of phenolic OH excluding ortho intramolecular Hbond substituents is 1. The Labute approximate surface area is 370 Å². The molecule has 0 aromatic heterocycles. The van der Waals surface area contributed by atoms with Crippen LogP contribution in [0.15, 0.2) is 59.7 Å². The summed E-state index contributed by atoms with van der Waals surface area (Å²) in [5.74, 6) is 1.64. The summed E-state index contributed by atoms with van der Waals surface area (Å²) in [5, 5.41) is 38.9. The van der Waals surface area contributed by atoms with Crippen LogP contribution in [-0.2, 0) is 19.7 Å². The highest BCUT2D eigenvalue weighted by Gasteiger charge is 2.79. The van der Waals surface area contributed by atoms with E-state index >= 15 is 4.79 Å². The first-order chi connectivity index (χ1) is 29.2. The Kier molecular flexibility index (Phi) is 9.67. The summed E-state index contributed by atoms with van der Waals surface area (Å²) in [6.07, 6.45) is 11.4. The van der Waals surface area contributed by atoms with E-state index in [2.05, 4.69) is 65.1 Å². The molecule has 2 heterocycles. The fourth-order valence-electron chi connectivity index (χ4n) is 17.9. The van der Waals surface area contributed by atoms with Gasteiger partial charge in [0.05, 0.1) is 22.7 Å². The Hall–Kier alpha value is -3.04. The Morgan fingerprint density at radius 2 is 1.66 bits per heavy atom. The standard InChI is InChI=1S/C54H74N2O6/c1-32(25-40(58)44-52(7,62-44)38-18-12-17-37(38)33-13-10-15-35(55)26-33)43-39-19-20-42-49(4)29-53(34-14-11-16-36(57)27-34)23-24-54(30-51(42,6)50(39,5)28-41(43)59)45(49)48(3,46(53)60)22-9-8-21-47(2,61)31-56-54/h10-11,13-16,26-27,32,37-38,40,42,44-45,56-58,61H,8-9,12,17-25,28-31,55H2,1-7H3. The molecule has 6 saturated carbocycles. The second-order valence-electron chi connectivity index (χ2n) is 24.0. The third-order valence-electron chi connectivity index (χ3n) is 20.3. The molecule has 11 rings (SSSR count). The summed E-state index contributed by atoms with van der Waals surface area (Å²) in [6, 6.07) is 15.8. The van der Waals surface area contributed by atoms with Gasteiger partial charge in [-0.25, -0.2) is 0 Å². The van der Waals surface area contributed by atoms with Crippen LogP contribution >= 0.6 is 0 Å². The number of allylic oxidation sites excluding steroid dienone is 2. The van der Waals surface area contributed by atoms with Crippen LogP contribution in [-0.4, -0.2) is 62.4 Å². The fourth-order valence-corrected chi connectivity index (χ4v) is 17.9. The monoisotopic (exact) mass is 847 g/mol. The van der Waals surface area contributed by atoms with Crippen molar-refractivity contribution in [2.45, 2.75) is 185 Å². The molecule has 2 aromatic rings. The van der Waals surface area contributed by atoms with E-state index < -0.39 is 39.1 Å². The lowest BCUT2D eigenvalue weighted by Crippen LogP contribution is -2.75. The van der Waals surface area contributed by atoms with Crippen LogP contribution < -0.4 is 11.1 Å². The molecule has 2 saturated heterocycles. The number of ether oxygens (including phenoxy) is 1. The Balaban J connectivity index is 1.00. The van der Waals surface area contributed by atoms with E-state index in [0.717, 1.165) is 87.5 Å². The minimum Gasteiger partial charge on any atom is -0.508 e. The van der Waals surface area contributed by atoms with Crippen LogP contribution in [0.1, 0.15) is 162 Å². The lowest BCUT2D eigenvalue weighted by atomic mass is 9.31. The molecule has 8 nitrogen and oxygen atoms in total. The summed E-state index contributed by atoms with van der Waals surface area (Å²) in [7, 11) is 0. The largest absolute Gasteiger partial charge is 0.508 e. The molecule has 7 aliphatic carbocycles. The minimum atomic E-state index is -0.877. The van der Waals surface area contributed by atoms with Crippen LogP contribution in [0.4, 0.5) is 5.69 Å². The number of carbonyl (C=O) groups excluding carboxylic acids is 2. The van der Waals surface area contributed by atoms with E-state index in [9.17, 15) is 20.1 Å². The van der Waals surface area contributed by atoms with Crippen LogP contribution in [0.2, 0.25) is 0 Å². The maximum absolute atomic E-state index is 15.7. The molecule has 8 heteroatoms. The number of nitrogens with one attached hydrogen (secondary N) is 1. The second kappa shape index (κ2) is 14.0. The summed E-state index contributed by atoms with van der Waals surface area (Å²) >= 11 is 0. The highest BCUT2D eigenvalue weighted by atomic mass is 16.6. The molecule has 2 aromatic carbocycles. The molecule has 15 unspecified atom stereocenters.